The fraction of sp³-hybridized carbons (Fsp3) is 0.357. The van der Waals surface area contributed by atoms with E-state index in [1.165, 1.54) is 48.0 Å². The molecular weight excluding hydrogens is 189 g/mol. The number of hydrogen-bond donors (Lipinski definition) is 0. The zero-order valence-corrected chi connectivity index (χ0v) is 10.2. The van der Waals surface area contributed by atoms with Crippen LogP contribution in [0.5, 0.6) is 0 Å². The fourth-order valence-corrected chi connectivity index (χ4v) is 2.71. The first kappa shape index (κ1) is 11.7. The van der Waals surface area contributed by atoms with Gasteiger partial charge in [0.05, 0.1) is 0 Å². The zero-order valence-electron chi connectivity index (χ0n) is 10.2. The van der Waals surface area contributed by atoms with Crippen LogP contribution in [0.3, 0.4) is 0 Å². The SMILES string of the molecule is Cc1cc2ccccc2[c-]1N1CCCC1.[Li+]. The van der Waals surface area contributed by atoms with Gasteiger partial charge in [-0.15, -0.1) is 34.5 Å². The Morgan fingerprint density at radius 3 is 2.56 bits per heavy atom. The molecule has 1 fully saturated rings. The van der Waals surface area contributed by atoms with Gasteiger partial charge in [-0.1, -0.05) is 13.0 Å². The molecule has 0 spiro atoms. The number of fused-ring (bicyclic) bond motifs is 1. The monoisotopic (exact) mass is 205 g/mol. The third kappa shape index (κ3) is 1.79. The van der Waals surface area contributed by atoms with Crippen LogP contribution in [-0.2, 0) is 0 Å². The zero-order chi connectivity index (χ0) is 10.3. The third-order valence-electron chi connectivity index (χ3n) is 3.38. The van der Waals surface area contributed by atoms with E-state index >= 15 is 0 Å². The van der Waals surface area contributed by atoms with Crippen molar-refractivity contribution in [2.45, 2.75) is 19.8 Å². The minimum Gasteiger partial charge on any atom is -0.410 e. The maximum atomic E-state index is 2.54. The van der Waals surface area contributed by atoms with Gasteiger partial charge in [0.25, 0.3) is 0 Å². The quantitative estimate of drug-likeness (QED) is 0.483. The molecule has 1 nitrogen and oxygen atoms in total. The Morgan fingerprint density at radius 2 is 1.81 bits per heavy atom. The summed E-state index contributed by atoms with van der Waals surface area (Å²) in [7, 11) is 0. The number of benzene rings is 1. The summed E-state index contributed by atoms with van der Waals surface area (Å²) < 4.78 is 0. The molecule has 0 amide bonds. The van der Waals surface area contributed by atoms with E-state index in [9.17, 15) is 0 Å². The Kier molecular flexibility index (Phi) is 3.38. The van der Waals surface area contributed by atoms with Crippen LogP contribution in [0.2, 0.25) is 0 Å². The molecule has 1 aliphatic rings. The van der Waals surface area contributed by atoms with E-state index in [4.69, 9.17) is 0 Å². The largest absolute Gasteiger partial charge is 1.00 e. The topological polar surface area (TPSA) is 3.24 Å². The first-order chi connectivity index (χ1) is 7.36. The van der Waals surface area contributed by atoms with Gasteiger partial charge >= 0.3 is 18.9 Å². The van der Waals surface area contributed by atoms with Crippen LogP contribution >= 0.6 is 0 Å². The van der Waals surface area contributed by atoms with Crippen molar-refractivity contribution in [2.75, 3.05) is 18.0 Å². The molecule has 2 aromatic carbocycles. The summed E-state index contributed by atoms with van der Waals surface area (Å²) in [6.45, 7) is 4.69. The molecule has 0 atom stereocenters. The summed E-state index contributed by atoms with van der Waals surface area (Å²) in [6.07, 6.45) is 2.69. The Labute approximate surface area is 109 Å². The van der Waals surface area contributed by atoms with E-state index in [2.05, 4.69) is 42.2 Å². The molecule has 1 heterocycles. The Morgan fingerprint density at radius 1 is 1.12 bits per heavy atom. The van der Waals surface area contributed by atoms with E-state index in [0.29, 0.717) is 0 Å². The van der Waals surface area contributed by atoms with Crippen molar-refractivity contribution in [3.8, 4) is 0 Å². The molecule has 0 radical (unpaired) electrons. The summed E-state index contributed by atoms with van der Waals surface area (Å²) >= 11 is 0. The van der Waals surface area contributed by atoms with Crippen molar-refractivity contribution >= 4 is 16.5 Å². The normalized spacial score (nSPS) is 15.4. The smallest absolute Gasteiger partial charge is 0.410 e. The second-order valence-corrected chi connectivity index (χ2v) is 4.46. The van der Waals surface area contributed by atoms with Crippen LogP contribution in [-0.4, -0.2) is 13.1 Å². The first-order valence-corrected chi connectivity index (χ1v) is 5.76. The Hall–Kier alpha value is -0.773. The van der Waals surface area contributed by atoms with E-state index in [1.54, 1.807) is 0 Å². The van der Waals surface area contributed by atoms with Gasteiger partial charge in [-0.2, -0.15) is 6.07 Å². The van der Waals surface area contributed by atoms with Gasteiger partial charge in [0.1, 0.15) is 0 Å². The number of rotatable bonds is 1. The van der Waals surface area contributed by atoms with Gasteiger partial charge in [-0.25, -0.2) is 0 Å². The third-order valence-corrected chi connectivity index (χ3v) is 3.38. The van der Waals surface area contributed by atoms with E-state index < -0.39 is 0 Å². The molecule has 1 aliphatic heterocycles. The van der Waals surface area contributed by atoms with Crippen molar-refractivity contribution in [3.63, 3.8) is 0 Å². The maximum Gasteiger partial charge on any atom is 1.00 e. The van der Waals surface area contributed by atoms with Crippen LogP contribution in [0.1, 0.15) is 18.4 Å². The molecule has 0 N–H and O–H groups in total. The molecule has 2 aromatic rings. The molecule has 0 aromatic heterocycles. The first-order valence-electron chi connectivity index (χ1n) is 5.76. The molecule has 78 valence electrons. The molecule has 0 bridgehead atoms. The van der Waals surface area contributed by atoms with Crippen LogP contribution in [0.15, 0.2) is 30.3 Å². The number of hydrogen-bond acceptors (Lipinski definition) is 1. The molecule has 1 saturated heterocycles. The molecule has 16 heavy (non-hydrogen) atoms. The molecule has 3 rings (SSSR count). The van der Waals surface area contributed by atoms with Crippen LogP contribution in [0.4, 0.5) is 5.69 Å². The van der Waals surface area contributed by atoms with Crippen LogP contribution in [0.25, 0.3) is 10.8 Å². The van der Waals surface area contributed by atoms with E-state index in [0.717, 1.165) is 0 Å². The predicted octanol–water partition coefficient (Wildman–Crippen LogP) is 0.471. The maximum absolute atomic E-state index is 2.54. The fourth-order valence-electron chi connectivity index (χ4n) is 2.71. The minimum absolute atomic E-state index is 0. The van der Waals surface area contributed by atoms with Crippen LogP contribution < -0.4 is 23.8 Å². The Balaban J connectivity index is 0.000000963. The van der Waals surface area contributed by atoms with Gasteiger partial charge < -0.3 is 4.90 Å². The van der Waals surface area contributed by atoms with Gasteiger partial charge in [-0.05, 0) is 18.5 Å². The van der Waals surface area contributed by atoms with E-state index in [-0.39, 0.29) is 18.9 Å². The van der Waals surface area contributed by atoms with E-state index in [1.807, 2.05) is 0 Å². The molecule has 0 aliphatic carbocycles. The van der Waals surface area contributed by atoms with Crippen molar-refractivity contribution in [1.82, 2.24) is 0 Å². The summed E-state index contributed by atoms with van der Waals surface area (Å²) in [5.74, 6) is 0. The molecular formula is C14H16LiN. The van der Waals surface area contributed by atoms with Gasteiger partial charge in [0.15, 0.2) is 0 Å². The van der Waals surface area contributed by atoms with Crippen LogP contribution in [0, 0.1) is 6.92 Å². The number of nitrogens with zero attached hydrogens (tertiary/aromatic N) is 1. The minimum atomic E-state index is 0. The van der Waals surface area contributed by atoms with Gasteiger partial charge in [0, 0.05) is 13.1 Å². The molecule has 0 saturated carbocycles. The van der Waals surface area contributed by atoms with Gasteiger partial charge in [0.2, 0.25) is 0 Å². The summed E-state index contributed by atoms with van der Waals surface area (Å²) in [4.78, 5) is 2.54. The number of anilines is 1. The second-order valence-electron chi connectivity index (χ2n) is 4.46. The summed E-state index contributed by atoms with van der Waals surface area (Å²) in [5, 5.41) is 2.81. The summed E-state index contributed by atoms with van der Waals surface area (Å²) in [5.41, 5.74) is 2.90. The van der Waals surface area contributed by atoms with Crippen molar-refractivity contribution in [3.05, 3.63) is 35.9 Å². The average molecular weight is 205 g/mol. The van der Waals surface area contributed by atoms with Gasteiger partial charge in [-0.3, -0.25) is 0 Å². The standard InChI is InChI=1S/C14H16N.Li/c1-11-10-12-6-2-3-7-13(12)14(11)15-8-4-5-9-15;/h2-3,6-7,10H,4-5,8-9H2,1H3;/q-1;+1. The molecule has 2 heteroatoms. The second kappa shape index (κ2) is 4.61. The van der Waals surface area contributed by atoms with Crippen molar-refractivity contribution < 1.29 is 18.9 Å². The Bertz CT molecular complexity index is 480. The van der Waals surface area contributed by atoms with Crippen molar-refractivity contribution in [1.29, 1.82) is 0 Å². The average Bonchev–Trinajstić information content (AvgIpc) is 2.82. The van der Waals surface area contributed by atoms with Crippen molar-refractivity contribution in [2.24, 2.45) is 0 Å². The molecule has 0 unspecified atom stereocenters. The number of aryl methyl sites for hydroxylation is 1. The predicted molar refractivity (Wildman–Crippen MR) is 65.7 cm³/mol. The summed E-state index contributed by atoms with van der Waals surface area (Å²) in [6, 6.07) is 11.0.